The third-order valence-corrected chi connectivity index (χ3v) is 4.42. The molecule has 1 atom stereocenters. The van der Waals surface area contributed by atoms with Crippen LogP contribution in [0.3, 0.4) is 0 Å². The van der Waals surface area contributed by atoms with Gasteiger partial charge in [0.05, 0.1) is 0 Å². The first-order valence-corrected chi connectivity index (χ1v) is 8.24. The number of rotatable bonds is 3. The Kier molecular flexibility index (Phi) is 6.24. The molecule has 6 nitrogen and oxygen atoms in total. The van der Waals surface area contributed by atoms with Gasteiger partial charge in [0.1, 0.15) is 5.84 Å². The smallest absolute Gasteiger partial charge is 0.315 e. The summed E-state index contributed by atoms with van der Waals surface area (Å²) < 4.78 is 0. The van der Waals surface area contributed by atoms with Crippen molar-refractivity contribution in [3.63, 3.8) is 0 Å². The zero-order chi connectivity index (χ0) is 15.9. The summed E-state index contributed by atoms with van der Waals surface area (Å²) in [7, 11) is 2.09. The summed E-state index contributed by atoms with van der Waals surface area (Å²) in [6, 6.07) is 0.545. The van der Waals surface area contributed by atoms with Crippen molar-refractivity contribution >= 4 is 11.9 Å². The van der Waals surface area contributed by atoms with E-state index in [-0.39, 0.29) is 12.1 Å². The number of urea groups is 1. The molecule has 124 valence electrons. The molecule has 0 spiro atoms. The third kappa shape index (κ3) is 5.02. The molecule has 22 heavy (non-hydrogen) atoms. The van der Waals surface area contributed by atoms with Crippen LogP contribution in [0, 0.1) is 0 Å². The van der Waals surface area contributed by atoms with Crippen LogP contribution in [0.1, 0.15) is 33.1 Å². The molecule has 6 heteroatoms. The lowest BCUT2D eigenvalue weighted by molar-refractivity contribution is 0.222. The number of carbonyl (C=O) groups excluding carboxylic acids is 1. The topological polar surface area (TPSA) is 60.0 Å². The predicted octanol–water partition coefficient (Wildman–Crippen LogP) is 1.41. The number of hydrogen-bond donors (Lipinski definition) is 2. The maximum absolute atomic E-state index is 12.0. The van der Waals surface area contributed by atoms with Gasteiger partial charge < -0.3 is 20.4 Å². The minimum atomic E-state index is -0.0157. The van der Waals surface area contributed by atoms with E-state index in [1.807, 2.05) is 26.1 Å². The van der Waals surface area contributed by atoms with Crippen molar-refractivity contribution in [2.45, 2.75) is 45.2 Å². The molecule has 2 amide bonds. The van der Waals surface area contributed by atoms with Crippen LogP contribution < -0.4 is 10.6 Å². The van der Waals surface area contributed by atoms with Crippen molar-refractivity contribution in [1.82, 2.24) is 20.4 Å². The maximum atomic E-state index is 12.0. The quantitative estimate of drug-likeness (QED) is 0.612. The molecule has 2 heterocycles. The zero-order valence-electron chi connectivity index (χ0n) is 14.0. The van der Waals surface area contributed by atoms with Gasteiger partial charge in [0.2, 0.25) is 0 Å². The Morgan fingerprint density at radius 1 is 1.14 bits per heavy atom. The van der Waals surface area contributed by atoms with Crippen LogP contribution in [0.2, 0.25) is 0 Å². The summed E-state index contributed by atoms with van der Waals surface area (Å²) in [5.41, 5.74) is 0. The summed E-state index contributed by atoms with van der Waals surface area (Å²) in [4.78, 5) is 21.0. The van der Waals surface area contributed by atoms with Crippen molar-refractivity contribution < 1.29 is 4.79 Å². The second-order valence-corrected chi connectivity index (χ2v) is 6.29. The summed E-state index contributed by atoms with van der Waals surface area (Å²) in [6.07, 6.45) is 6.75. The lowest BCUT2D eigenvalue weighted by Gasteiger charge is -2.33. The second kappa shape index (κ2) is 8.17. The zero-order valence-corrected chi connectivity index (χ0v) is 14.0. The number of allylic oxidation sites excluding steroid dienone is 1. The lowest BCUT2D eigenvalue weighted by Crippen LogP contribution is -2.51. The molecular weight excluding hydrogens is 278 g/mol. The summed E-state index contributed by atoms with van der Waals surface area (Å²) >= 11 is 0. The van der Waals surface area contributed by atoms with Gasteiger partial charge in [-0.05, 0) is 46.7 Å². The van der Waals surface area contributed by atoms with E-state index >= 15 is 0 Å². The molecule has 1 unspecified atom stereocenters. The van der Waals surface area contributed by atoms with Crippen LogP contribution in [-0.4, -0.2) is 67.0 Å². The van der Waals surface area contributed by atoms with Crippen LogP contribution in [0.5, 0.6) is 0 Å². The summed E-state index contributed by atoms with van der Waals surface area (Å²) in [5.74, 6) is 1.05. The number of piperidine rings is 1. The minimum Gasteiger partial charge on any atom is -0.360 e. The fourth-order valence-electron chi connectivity index (χ4n) is 3.08. The fourth-order valence-corrected chi connectivity index (χ4v) is 3.08. The van der Waals surface area contributed by atoms with Gasteiger partial charge in [0, 0.05) is 37.9 Å². The predicted molar refractivity (Wildman–Crippen MR) is 90.1 cm³/mol. The molecule has 2 aliphatic heterocycles. The number of likely N-dealkylation sites (N-methyl/N-ethyl adjacent to an activating group) is 1. The Hall–Kier alpha value is -1.56. The Morgan fingerprint density at radius 3 is 2.36 bits per heavy atom. The van der Waals surface area contributed by atoms with Crippen LogP contribution in [0.25, 0.3) is 0 Å². The molecule has 0 radical (unpaired) electrons. The molecule has 0 aromatic rings. The molecule has 2 rings (SSSR count). The molecule has 2 aliphatic rings. The Morgan fingerprint density at radius 2 is 1.77 bits per heavy atom. The highest BCUT2D eigenvalue weighted by Gasteiger charge is 2.24. The number of likely N-dealkylation sites (tertiary alicyclic amines) is 2. The monoisotopic (exact) mass is 307 g/mol. The lowest BCUT2D eigenvalue weighted by atomic mass is 10.1. The van der Waals surface area contributed by atoms with Crippen molar-refractivity contribution in [3.05, 3.63) is 12.3 Å². The van der Waals surface area contributed by atoms with E-state index in [0.29, 0.717) is 6.04 Å². The normalized spacial score (nSPS) is 25.0. The average molecular weight is 307 g/mol. The number of amides is 2. The third-order valence-electron chi connectivity index (χ3n) is 4.42. The molecular formula is C16H29N5O. The first-order chi connectivity index (χ1) is 10.6. The van der Waals surface area contributed by atoms with Crippen LogP contribution in [0.15, 0.2) is 17.3 Å². The summed E-state index contributed by atoms with van der Waals surface area (Å²) in [5, 5.41) is 6.19. The summed E-state index contributed by atoms with van der Waals surface area (Å²) in [6.45, 7) is 7.92. The highest BCUT2D eigenvalue weighted by molar-refractivity contribution is 5.80. The molecule has 2 saturated heterocycles. The van der Waals surface area contributed by atoms with E-state index in [2.05, 4.69) is 32.5 Å². The first kappa shape index (κ1) is 16.8. The van der Waals surface area contributed by atoms with Crippen LogP contribution >= 0.6 is 0 Å². The van der Waals surface area contributed by atoms with E-state index in [1.54, 1.807) is 0 Å². The van der Waals surface area contributed by atoms with Gasteiger partial charge in [0.15, 0.2) is 0 Å². The number of nitrogens with zero attached hydrogens (tertiary/aromatic N) is 3. The molecule has 2 N–H and O–H groups in total. The van der Waals surface area contributed by atoms with Crippen molar-refractivity contribution in [1.29, 1.82) is 0 Å². The number of nitrogens with one attached hydrogen (secondary N) is 2. The Bertz CT molecular complexity index is 426. The van der Waals surface area contributed by atoms with E-state index in [9.17, 15) is 4.79 Å². The minimum absolute atomic E-state index is 0.0157. The molecule has 0 aliphatic carbocycles. The average Bonchev–Trinajstić information content (AvgIpc) is 2.90. The Labute approximate surface area is 133 Å². The SMILES string of the molecule is C/C=C\N=C(C)N1CCC(NC(=O)NC2CCN(C)C2)CC1. The van der Waals surface area contributed by atoms with Gasteiger partial charge in [-0.25, -0.2) is 9.79 Å². The van der Waals surface area contributed by atoms with Gasteiger partial charge in [0.25, 0.3) is 0 Å². The van der Waals surface area contributed by atoms with E-state index < -0.39 is 0 Å². The number of aliphatic imine (C=N–C) groups is 1. The fraction of sp³-hybridized carbons (Fsp3) is 0.750. The van der Waals surface area contributed by atoms with Crippen molar-refractivity contribution in [2.75, 3.05) is 33.2 Å². The van der Waals surface area contributed by atoms with Crippen molar-refractivity contribution in [2.24, 2.45) is 4.99 Å². The van der Waals surface area contributed by atoms with E-state index in [1.165, 1.54) is 0 Å². The second-order valence-electron chi connectivity index (χ2n) is 6.29. The standard InChI is InChI=1S/C16H29N5O/c1-4-8-17-13(2)21-10-6-14(7-11-21)18-16(22)19-15-5-9-20(3)12-15/h4,8,14-15H,5-7,9-12H2,1-3H3,(H2,18,19,22)/b8-4-,17-13?. The largest absolute Gasteiger partial charge is 0.360 e. The van der Waals surface area contributed by atoms with Gasteiger partial charge in [-0.3, -0.25) is 0 Å². The molecule has 2 fully saturated rings. The van der Waals surface area contributed by atoms with Gasteiger partial charge >= 0.3 is 6.03 Å². The Balaban J connectivity index is 1.69. The van der Waals surface area contributed by atoms with Gasteiger partial charge in [-0.1, -0.05) is 6.08 Å². The molecule has 0 saturated carbocycles. The highest BCUT2D eigenvalue weighted by Crippen LogP contribution is 2.11. The van der Waals surface area contributed by atoms with Crippen LogP contribution in [0.4, 0.5) is 4.79 Å². The maximum Gasteiger partial charge on any atom is 0.315 e. The number of amidine groups is 1. The molecule has 0 aromatic heterocycles. The first-order valence-electron chi connectivity index (χ1n) is 8.24. The number of carbonyl (C=O) groups is 1. The number of hydrogen-bond acceptors (Lipinski definition) is 3. The van der Waals surface area contributed by atoms with Crippen molar-refractivity contribution in [3.8, 4) is 0 Å². The van der Waals surface area contributed by atoms with Crippen LogP contribution in [-0.2, 0) is 0 Å². The van der Waals surface area contributed by atoms with E-state index in [0.717, 1.165) is 51.3 Å². The van der Waals surface area contributed by atoms with E-state index in [4.69, 9.17) is 0 Å². The molecule has 0 bridgehead atoms. The highest BCUT2D eigenvalue weighted by atomic mass is 16.2. The molecule has 0 aromatic carbocycles. The van der Waals surface area contributed by atoms with Gasteiger partial charge in [-0.2, -0.15) is 0 Å². The van der Waals surface area contributed by atoms with Gasteiger partial charge in [-0.15, -0.1) is 0 Å².